The highest BCUT2D eigenvalue weighted by atomic mass is 35.5. The normalized spacial score (nSPS) is 15.3. The summed E-state index contributed by atoms with van der Waals surface area (Å²) in [4.78, 5) is 18.7. The molecule has 1 aliphatic rings. The average Bonchev–Trinajstić information content (AvgIpc) is 2.92. The van der Waals surface area contributed by atoms with E-state index < -0.39 is 10.0 Å². The van der Waals surface area contributed by atoms with E-state index in [-0.39, 0.29) is 28.7 Å². The molecule has 0 aliphatic carbocycles. The van der Waals surface area contributed by atoms with Crippen LogP contribution in [0.3, 0.4) is 0 Å². The van der Waals surface area contributed by atoms with Crippen LogP contribution in [0.4, 0.5) is 0 Å². The summed E-state index contributed by atoms with van der Waals surface area (Å²) in [5.41, 5.74) is 0.852. The second-order valence-corrected chi connectivity index (χ2v) is 7.41. The fraction of sp³-hybridized carbons (Fsp3) is 0.417. The maximum Gasteiger partial charge on any atom is 0.255 e. The summed E-state index contributed by atoms with van der Waals surface area (Å²) in [6.07, 6.45) is 0. The molecule has 0 unspecified atom stereocenters. The molecule has 10 heteroatoms. The topological polar surface area (TPSA) is 101 Å². The van der Waals surface area contributed by atoms with Crippen LogP contribution in [0.25, 0.3) is 0 Å². The number of rotatable bonds is 2. The molecule has 8 nitrogen and oxygen atoms in total. The minimum absolute atomic E-state index is 0.0229. The van der Waals surface area contributed by atoms with Crippen LogP contribution in [-0.2, 0) is 30.2 Å². The maximum absolute atomic E-state index is 12.8. The van der Waals surface area contributed by atoms with E-state index >= 15 is 0 Å². The predicted octanol–water partition coefficient (Wildman–Crippen LogP) is 0.478. The summed E-state index contributed by atoms with van der Waals surface area (Å²) in [5.74, 6) is 0.457. The van der Waals surface area contributed by atoms with Crippen LogP contribution in [0.15, 0.2) is 9.69 Å². The third-order valence-corrected chi connectivity index (χ3v) is 6.07. The highest BCUT2D eigenvalue weighted by Crippen LogP contribution is 2.31. The first-order valence-corrected chi connectivity index (χ1v) is 8.31. The van der Waals surface area contributed by atoms with Crippen LogP contribution in [0, 0.1) is 13.8 Å². The number of halogens is 1. The second kappa shape index (κ2) is 4.90. The number of hydrogen-bond donors (Lipinski definition) is 1. The molecule has 0 fully saturated rings. The Morgan fingerprint density at radius 2 is 1.95 bits per heavy atom. The average molecular weight is 344 g/mol. The lowest BCUT2D eigenvalue weighted by atomic mass is 10.3. The molecule has 2 aromatic heterocycles. The van der Waals surface area contributed by atoms with Gasteiger partial charge in [0.1, 0.15) is 15.9 Å². The van der Waals surface area contributed by atoms with E-state index in [4.69, 9.17) is 11.6 Å². The highest BCUT2D eigenvalue weighted by molar-refractivity contribution is 7.89. The van der Waals surface area contributed by atoms with E-state index in [1.807, 2.05) is 0 Å². The van der Waals surface area contributed by atoms with Gasteiger partial charge in [-0.1, -0.05) is 11.6 Å². The number of aryl methyl sites for hydroxylation is 3. The zero-order valence-electron chi connectivity index (χ0n) is 12.2. The summed E-state index contributed by atoms with van der Waals surface area (Å²) in [6, 6.07) is 0. The molecular weight excluding hydrogens is 330 g/mol. The molecule has 0 amide bonds. The van der Waals surface area contributed by atoms with Gasteiger partial charge in [-0.05, 0) is 13.8 Å². The quantitative estimate of drug-likeness (QED) is 0.854. The number of nitrogens with one attached hydrogen (secondary N) is 1. The Morgan fingerprint density at radius 1 is 1.27 bits per heavy atom. The van der Waals surface area contributed by atoms with Crippen LogP contribution in [0.5, 0.6) is 0 Å². The SMILES string of the molecule is Cc1nc2c(c(=O)[nH]1)CN(S(=O)(=O)c1c(C)nn(C)c1Cl)C2. The molecule has 0 aromatic carbocycles. The first-order valence-electron chi connectivity index (χ1n) is 6.49. The lowest BCUT2D eigenvalue weighted by molar-refractivity contribution is 0.429. The first kappa shape index (κ1) is 15.2. The van der Waals surface area contributed by atoms with Gasteiger partial charge in [0.25, 0.3) is 5.56 Å². The number of sulfonamides is 1. The zero-order chi connectivity index (χ0) is 16.2. The van der Waals surface area contributed by atoms with Crippen molar-refractivity contribution in [1.82, 2.24) is 24.1 Å². The Hall–Kier alpha value is -1.71. The van der Waals surface area contributed by atoms with Gasteiger partial charge < -0.3 is 4.98 Å². The van der Waals surface area contributed by atoms with Crippen LogP contribution in [0.1, 0.15) is 22.8 Å². The Morgan fingerprint density at radius 3 is 2.55 bits per heavy atom. The second-order valence-electron chi connectivity index (χ2n) is 5.18. The van der Waals surface area contributed by atoms with E-state index in [9.17, 15) is 13.2 Å². The summed E-state index contributed by atoms with van der Waals surface area (Å²) in [5, 5.41) is 4.07. The van der Waals surface area contributed by atoms with E-state index in [0.717, 1.165) is 0 Å². The minimum atomic E-state index is -3.85. The Kier molecular flexibility index (Phi) is 3.38. The maximum atomic E-state index is 12.8. The smallest absolute Gasteiger partial charge is 0.255 e. The van der Waals surface area contributed by atoms with Gasteiger partial charge in [-0.3, -0.25) is 9.48 Å². The molecule has 0 bridgehead atoms. The van der Waals surface area contributed by atoms with Crippen molar-refractivity contribution >= 4 is 21.6 Å². The number of fused-ring (bicyclic) bond motifs is 1. The van der Waals surface area contributed by atoms with Gasteiger partial charge >= 0.3 is 0 Å². The summed E-state index contributed by atoms with van der Waals surface area (Å²) in [6.45, 7) is 3.26. The molecule has 0 spiro atoms. The molecule has 0 saturated carbocycles. The standard InChI is InChI=1S/C12H14ClN5O3S/c1-6-10(11(13)17(3)16-6)22(20,21)18-4-8-9(5-18)14-7(2)15-12(8)19/h4-5H2,1-3H3,(H,14,15,19). The molecule has 2 aromatic rings. The number of H-pyrrole nitrogens is 1. The van der Waals surface area contributed by atoms with Gasteiger partial charge in [-0.2, -0.15) is 9.40 Å². The third-order valence-electron chi connectivity index (χ3n) is 3.58. The minimum Gasteiger partial charge on any atom is -0.310 e. The van der Waals surface area contributed by atoms with E-state index in [1.54, 1.807) is 20.9 Å². The van der Waals surface area contributed by atoms with Crippen LogP contribution >= 0.6 is 11.6 Å². The van der Waals surface area contributed by atoms with Crippen LogP contribution < -0.4 is 5.56 Å². The van der Waals surface area contributed by atoms with Gasteiger partial charge in [-0.15, -0.1) is 0 Å². The zero-order valence-corrected chi connectivity index (χ0v) is 13.8. The predicted molar refractivity (Wildman–Crippen MR) is 79.0 cm³/mol. The molecule has 3 heterocycles. The van der Waals surface area contributed by atoms with Gasteiger partial charge in [0.2, 0.25) is 10.0 Å². The number of aromatic nitrogens is 4. The molecule has 1 aliphatic heterocycles. The van der Waals surface area contributed by atoms with E-state index in [0.29, 0.717) is 22.8 Å². The van der Waals surface area contributed by atoms with Crippen LogP contribution in [0.2, 0.25) is 5.15 Å². The van der Waals surface area contributed by atoms with E-state index in [1.165, 1.54) is 8.99 Å². The number of hydrogen-bond acceptors (Lipinski definition) is 5. The van der Waals surface area contributed by atoms with Crippen molar-refractivity contribution in [2.75, 3.05) is 0 Å². The van der Waals surface area contributed by atoms with Gasteiger partial charge in [0.15, 0.2) is 0 Å². The largest absolute Gasteiger partial charge is 0.310 e. The molecule has 0 atom stereocenters. The van der Waals surface area contributed by atoms with Crippen LogP contribution in [-0.4, -0.2) is 32.5 Å². The fourth-order valence-electron chi connectivity index (χ4n) is 2.56. The summed E-state index contributed by atoms with van der Waals surface area (Å²) >= 11 is 6.06. The van der Waals surface area contributed by atoms with E-state index in [2.05, 4.69) is 15.1 Å². The lowest BCUT2D eigenvalue weighted by Crippen LogP contribution is -2.27. The van der Waals surface area contributed by atoms with Crippen molar-refractivity contribution in [3.05, 3.63) is 38.3 Å². The monoisotopic (exact) mass is 343 g/mol. The van der Waals surface area contributed by atoms with Crippen molar-refractivity contribution in [2.45, 2.75) is 31.8 Å². The highest BCUT2D eigenvalue weighted by Gasteiger charge is 2.37. The molecule has 0 radical (unpaired) electrons. The molecule has 1 N–H and O–H groups in total. The van der Waals surface area contributed by atoms with Crippen molar-refractivity contribution in [2.24, 2.45) is 7.05 Å². The first-order chi connectivity index (χ1) is 10.2. The van der Waals surface area contributed by atoms with Gasteiger partial charge in [0.05, 0.1) is 23.5 Å². The molecule has 22 heavy (non-hydrogen) atoms. The van der Waals surface area contributed by atoms with Crippen molar-refractivity contribution in [3.8, 4) is 0 Å². The third kappa shape index (κ3) is 2.16. The summed E-state index contributed by atoms with van der Waals surface area (Å²) in [7, 11) is -2.28. The van der Waals surface area contributed by atoms with Gasteiger partial charge in [0, 0.05) is 13.6 Å². The Bertz CT molecular complexity index is 931. The molecule has 3 rings (SSSR count). The van der Waals surface area contributed by atoms with Crippen molar-refractivity contribution in [3.63, 3.8) is 0 Å². The molecule has 0 saturated heterocycles. The number of nitrogens with zero attached hydrogens (tertiary/aromatic N) is 4. The Labute approximate surface area is 131 Å². The fourth-order valence-corrected chi connectivity index (χ4v) is 4.64. The Balaban J connectivity index is 2.07. The summed E-state index contributed by atoms with van der Waals surface area (Å²) < 4.78 is 28.1. The molecular formula is C12H14ClN5O3S. The van der Waals surface area contributed by atoms with Crippen molar-refractivity contribution < 1.29 is 8.42 Å². The van der Waals surface area contributed by atoms with Gasteiger partial charge in [-0.25, -0.2) is 13.4 Å². The lowest BCUT2D eigenvalue weighted by Gasteiger charge is -2.14. The molecule has 118 valence electrons. The van der Waals surface area contributed by atoms with Crippen molar-refractivity contribution in [1.29, 1.82) is 0 Å². The number of aromatic amines is 1.